The summed E-state index contributed by atoms with van der Waals surface area (Å²) in [6, 6.07) is 0. The van der Waals surface area contributed by atoms with E-state index in [2.05, 4.69) is 14.5 Å². The molecule has 3 atom stereocenters. The molecule has 2 aromatic heterocycles. The molecule has 13 heteroatoms. The van der Waals surface area contributed by atoms with Crippen LogP contribution in [0.3, 0.4) is 0 Å². The van der Waals surface area contributed by atoms with Gasteiger partial charge >= 0.3 is 13.5 Å². The highest BCUT2D eigenvalue weighted by Crippen LogP contribution is 2.42. The van der Waals surface area contributed by atoms with Gasteiger partial charge in [0, 0.05) is 6.42 Å². The van der Waals surface area contributed by atoms with Gasteiger partial charge in [0.15, 0.2) is 12.6 Å². The van der Waals surface area contributed by atoms with Crippen LogP contribution in [-0.2, 0) is 20.9 Å². The average Bonchev–Trinajstić information content (AvgIpc) is 2.98. The topological polar surface area (TPSA) is 177 Å². The Kier molecular flexibility index (Phi) is 4.20. The highest BCUT2D eigenvalue weighted by atomic mass is 31.2. The Balaban J connectivity index is 2.00. The largest absolute Gasteiger partial charge is 0.469 e. The summed E-state index contributed by atoms with van der Waals surface area (Å²) >= 11 is 0. The first-order valence-electron chi connectivity index (χ1n) is 6.96. The highest BCUT2D eigenvalue weighted by Gasteiger charge is 2.43. The Morgan fingerprint density at radius 2 is 2.33 bits per heavy atom. The number of nitrogens with one attached hydrogen (secondary N) is 1. The SMILES string of the molecule is Cn1c[n+]([C@H]2C[C@H](OP(=O)(O)O)[C@@H](CO)O2)c2nc(N)[nH]c(=O)c21. The molecule has 6 N–H and O–H groups in total. The number of rotatable bonds is 4. The summed E-state index contributed by atoms with van der Waals surface area (Å²) in [4.78, 5) is 36.4. The van der Waals surface area contributed by atoms with Gasteiger partial charge in [0.25, 0.3) is 11.5 Å². The van der Waals surface area contributed by atoms with Gasteiger partial charge in [-0.3, -0.25) is 18.9 Å². The smallest absolute Gasteiger partial charge is 0.394 e. The molecule has 0 saturated carbocycles. The second-order valence-electron chi connectivity index (χ2n) is 5.44. The molecule has 0 amide bonds. The van der Waals surface area contributed by atoms with Gasteiger partial charge in [0.05, 0.1) is 13.7 Å². The first kappa shape index (κ1) is 17.0. The van der Waals surface area contributed by atoms with Crippen molar-refractivity contribution in [2.45, 2.75) is 24.9 Å². The van der Waals surface area contributed by atoms with Crippen LogP contribution in [0, 0.1) is 0 Å². The minimum Gasteiger partial charge on any atom is -0.394 e. The molecule has 0 spiro atoms. The molecule has 1 aliphatic heterocycles. The zero-order valence-corrected chi connectivity index (χ0v) is 13.5. The van der Waals surface area contributed by atoms with Gasteiger partial charge in [-0.05, 0) is 0 Å². The lowest BCUT2D eigenvalue weighted by Crippen LogP contribution is -2.39. The van der Waals surface area contributed by atoms with Crippen LogP contribution in [0.5, 0.6) is 0 Å². The second kappa shape index (κ2) is 5.92. The number of imidazole rings is 1. The molecule has 132 valence electrons. The van der Waals surface area contributed by atoms with E-state index in [9.17, 15) is 14.5 Å². The van der Waals surface area contributed by atoms with Crippen molar-refractivity contribution < 1.29 is 33.3 Å². The van der Waals surface area contributed by atoms with Crippen LogP contribution < -0.4 is 15.9 Å². The van der Waals surface area contributed by atoms with E-state index < -0.39 is 38.4 Å². The van der Waals surface area contributed by atoms with Crippen molar-refractivity contribution in [2.24, 2.45) is 7.05 Å². The van der Waals surface area contributed by atoms with E-state index in [0.29, 0.717) is 0 Å². The molecule has 3 rings (SSSR count). The molecular formula is C11H17N5O7P+. The van der Waals surface area contributed by atoms with Crippen LogP contribution in [0.15, 0.2) is 11.1 Å². The molecule has 0 aromatic carbocycles. The van der Waals surface area contributed by atoms with E-state index >= 15 is 0 Å². The van der Waals surface area contributed by atoms with E-state index in [1.54, 1.807) is 13.4 Å². The summed E-state index contributed by atoms with van der Waals surface area (Å²) in [6.45, 7) is -0.483. The fourth-order valence-electron chi connectivity index (χ4n) is 2.80. The summed E-state index contributed by atoms with van der Waals surface area (Å²) in [5.74, 6) is -0.0767. The van der Waals surface area contributed by atoms with E-state index in [1.807, 2.05) is 0 Å². The normalized spacial score (nSPS) is 24.8. The number of hydrogen-bond acceptors (Lipinski definition) is 7. The molecule has 0 unspecified atom stereocenters. The average molecular weight is 362 g/mol. The maximum Gasteiger partial charge on any atom is 0.469 e. The first-order chi connectivity index (χ1) is 11.2. The van der Waals surface area contributed by atoms with Gasteiger partial charge in [0.2, 0.25) is 5.52 Å². The van der Waals surface area contributed by atoms with Gasteiger partial charge in [-0.25, -0.2) is 9.13 Å². The van der Waals surface area contributed by atoms with Crippen molar-refractivity contribution in [3.05, 3.63) is 16.7 Å². The van der Waals surface area contributed by atoms with Crippen molar-refractivity contribution in [2.75, 3.05) is 12.3 Å². The molecule has 3 heterocycles. The summed E-state index contributed by atoms with van der Waals surface area (Å²) in [5.41, 5.74) is 5.64. The van der Waals surface area contributed by atoms with Gasteiger partial charge in [-0.1, -0.05) is 4.98 Å². The van der Waals surface area contributed by atoms with Crippen LogP contribution in [0.2, 0.25) is 0 Å². The molecule has 2 aromatic rings. The summed E-state index contributed by atoms with van der Waals surface area (Å²) in [7, 11) is -3.11. The van der Waals surface area contributed by atoms with E-state index in [-0.39, 0.29) is 23.5 Å². The Morgan fingerprint density at radius 3 is 2.96 bits per heavy atom. The van der Waals surface area contributed by atoms with Crippen molar-refractivity contribution in [1.82, 2.24) is 14.5 Å². The van der Waals surface area contributed by atoms with Gasteiger partial charge in [-0.15, -0.1) is 0 Å². The highest BCUT2D eigenvalue weighted by molar-refractivity contribution is 7.46. The van der Waals surface area contributed by atoms with Crippen molar-refractivity contribution >= 4 is 24.9 Å². The van der Waals surface area contributed by atoms with Crippen LogP contribution in [0.4, 0.5) is 5.95 Å². The lowest BCUT2D eigenvalue weighted by Gasteiger charge is -2.16. The second-order valence-corrected chi connectivity index (χ2v) is 6.63. The van der Waals surface area contributed by atoms with Gasteiger partial charge in [0.1, 0.15) is 12.2 Å². The maximum atomic E-state index is 12.0. The number of aromatic nitrogens is 4. The fourth-order valence-corrected chi connectivity index (χ4v) is 3.38. The molecule has 24 heavy (non-hydrogen) atoms. The van der Waals surface area contributed by atoms with Crippen LogP contribution in [0.25, 0.3) is 11.2 Å². The molecule has 0 radical (unpaired) electrons. The van der Waals surface area contributed by atoms with E-state index in [4.69, 9.17) is 20.3 Å². The van der Waals surface area contributed by atoms with Gasteiger partial charge in [-0.2, -0.15) is 0 Å². The number of nitrogens with two attached hydrogens (primary N) is 1. The third kappa shape index (κ3) is 3.07. The maximum absolute atomic E-state index is 12.0. The number of aliphatic hydroxyl groups excluding tert-OH is 1. The predicted octanol–water partition coefficient (Wildman–Crippen LogP) is -2.11. The minimum absolute atomic E-state index is 0.0501. The zero-order chi connectivity index (χ0) is 17.6. The van der Waals surface area contributed by atoms with E-state index in [0.717, 1.165) is 0 Å². The number of anilines is 1. The Labute approximate surface area is 134 Å². The third-order valence-electron chi connectivity index (χ3n) is 3.73. The Hall–Kier alpha value is -1.82. The number of nitrogens with zero attached hydrogens (tertiary/aromatic N) is 3. The number of aryl methyl sites for hydroxylation is 1. The number of H-pyrrole nitrogens is 1. The molecule has 12 nitrogen and oxygen atoms in total. The van der Waals surface area contributed by atoms with E-state index in [1.165, 1.54) is 9.13 Å². The van der Waals surface area contributed by atoms with Gasteiger partial charge < -0.3 is 25.4 Å². The quantitative estimate of drug-likeness (QED) is 0.301. The number of aliphatic hydroxyl groups is 1. The molecule has 1 fully saturated rings. The van der Waals surface area contributed by atoms with Crippen molar-refractivity contribution in [3.8, 4) is 0 Å². The summed E-state index contributed by atoms with van der Waals surface area (Å²) in [6.07, 6.45) is -1.08. The van der Waals surface area contributed by atoms with Crippen LogP contribution in [0.1, 0.15) is 12.6 Å². The summed E-state index contributed by atoms with van der Waals surface area (Å²) in [5, 5.41) is 9.34. The molecule has 1 saturated heterocycles. The number of phosphoric ester groups is 1. The molecule has 0 aliphatic carbocycles. The lowest BCUT2D eigenvalue weighted by atomic mass is 10.2. The Bertz CT molecular complexity index is 874. The lowest BCUT2D eigenvalue weighted by molar-refractivity contribution is -0.739. The standard InChI is InChI=1S/C11H16N5O7P/c1-15-4-16(9-8(15)10(18)14-11(12)13-9)7-2-5(6(3-17)22-7)23-24(19,20)21/h4-7,17H,2-3H2,1H3,(H4-,12,13,14,18,19,20,21)/p+1/t5-,6+,7+/m0/s1. The number of aromatic amines is 1. The van der Waals surface area contributed by atoms with Crippen LogP contribution >= 0.6 is 7.82 Å². The minimum atomic E-state index is -4.74. The number of phosphoric acid groups is 1. The Morgan fingerprint density at radius 1 is 1.62 bits per heavy atom. The molecular weight excluding hydrogens is 345 g/mol. The first-order valence-corrected chi connectivity index (χ1v) is 8.49. The fraction of sp³-hybridized carbons (Fsp3) is 0.545. The zero-order valence-electron chi connectivity index (χ0n) is 12.6. The number of fused-ring (bicyclic) bond motifs is 1. The van der Waals surface area contributed by atoms with Crippen molar-refractivity contribution in [3.63, 3.8) is 0 Å². The summed E-state index contributed by atoms with van der Waals surface area (Å²) < 4.78 is 24.3. The van der Waals surface area contributed by atoms with Crippen molar-refractivity contribution in [1.29, 1.82) is 0 Å². The number of ether oxygens (including phenoxy) is 1. The predicted molar refractivity (Wildman–Crippen MR) is 78.5 cm³/mol. The molecule has 0 bridgehead atoms. The van der Waals surface area contributed by atoms with Crippen LogP contribution in [-0.4, -0.2) is 48.2 Å². The number of nitrogen functional groups attached to an aromatic ring is 1. The monoisotopic (exact) mass is 362 g/mol. The molecule has 1 aliphatic rings. The third-order valence-corrected chi connectivity index (χ3v) is 4.28. The number of hydrogen-bond donors (Lipinski definition) is 5.